The summed E-state index contributed by atoms with van der Waals surface area (Å²) < 4.78 is 5.57. The maximum Gasteiger partial charge on any atom is 0.223 e. The second kappa shape index (κ2) is 7.27. The maximum absolute atomic E-state index is 12.6. The molecule has 1 atom stereocenters. The van der Waals surface area contributed by atoms with E-state index in [4.69, 9.17) is 4.42 Å². The number of hydrogen-bond acceptors (Lipinski definition) is 3. The molecule has 2 aromatic rings. The Balaban J connectivity index is 1.70. The lowest BCUT2D eigenvalue weighted by Gasteiger charge is -2.28. The smallest absolute Gasteiger partial charge is 0.223 e. The molecular formula is C18H22N2O2. The summed E-state index contributed by atoms with van der Waals surface area (Å²) in [6.45, 7) is 3.37. The van der Waals surface area contributed by atoms with Crippen LogP contribution in [0.15, 0.2) is 53.1 Å². The highest BCUT2D eigenvalue weighted by Crippen LogP contribution is 2.25. The number of nitrogens with one attached hydrogen (secondary N) is 1. The summed E-state index contributed by atoms with van der Waals surface area (Å²) in [5.74, 6) is 1.21. The summed E-state index contributed by atoms with van der Waals surface area (Å²) in [4.78, 5) is 14.5. The molecule has 1 N–H and O–H groups in total. The normalized spacial score (nSPS) is 16.5. The molecule has 0 bridgehead atoms. The molecule has 0 aliphatic carbocycles. The summed E-state index contributed by atoms with van der Waals surface area (Å²) in [5, 5.41) is 3.28. The molecule has 2 heterocycles. The highest BCUT2D eigenvalue weighted by Gasteiger charge is 2.23. The Hall–Kier alpha value is -2.07. The van der Waals surface area contributed by atoms with Crippen molar-refractivity contribution in [2.75, 3.05) is 26.2 Å². The van der Waals surface area contributed by atoms with Crippen LogP contribution in [-0.4, -0.2) is 37.0 Å². The number of furan rings is 1. The van der Waals surface area contributed by atoms with Crippen molar-refractivity contribution in [1.82, 2.24) is 10.2 Å². The summed E-state index contributed by atoms with van der Waals surface area (Å²) in [7, 11) is 0. The minimum Gasteiger partial charge on any atom is -0.469 e. The van der Waals surface area contributed by atoms with Crippen molar-refractivity contribution < 1.29 is 9.21 Å². The molecule has 1 aliphatic rings. The first kappa shape index (κ1) is 14.9. The van der Waals surface area contributed by atoms with E-state index in [0.717, 1.165) is 38.4 Å². The predicted octanol–water partition coefficient (Wildman–Crippen LogP) is 2.43. The van der Waals surface area contributed by atoms with Gasteiger partial charge in [-0.1, -0.05) is 30.3 Å². The number of rotatable bonds is 5. The molecule has 0 saturated carbocycles. The van der Waals surface area contributed by atoms with Crippen LogP contribution in [0.1, 0.15) is 23.7 Å². The van der Waals surface area contributed by atoms with Crippen LogP contribution in [0.25, 0.3) is 0 Å². The first-order valence-corrected chi connectivity index (χ1v) is 7.89. The average molecular weight is 298 g/mol. The van der Waals surface area contributed by atoms with Gasteiger partial charge >= 0.3 is 0 Å². The second-order valence-corrected chi connectivity index (χ2v) is 5.74. The first-order valence-electron chi connectivity index (χ1n) is 7.89. The van der Waals surface area contributed by atoms with E-state index < -0.39 is 0 Å². The van der Waals surface area contributed by atoms with E-state index in [9.17, 15) is 4.79 Å². The van der Waals surface area contributed by atoms with Crippen LogP contribution < -0.4 is 5.32 Å². The molecule has 3 rings (SSSR count). The molecule has 1 aromatic carbocycles. The lowest BCUT2D eigenvalue weighted by atomic mass is 9.93. The number of carbonyl (C=O) groups is 1. The standard InChI is InChI=1S/C18H22N2O2/c21-18(20-10-8-19-9-11-20)14-16(17-7-4-12-22-17)13-15-5-2-1-3-6-15/h1-7,12,16,19H,8-11,13-14H2/t16-/m1/s1. The molecule has 0 spiro atoms. The van der Waals surface area contributed by atoms with Crippen LogP contribution in [0.4, 0.5) is 0 Å². The molecule has 4 heteroatoms. The largest absolute Gasteiger partial charge is 0.469 e. The van der Waals surface area contributed by atoms with Gasteiger partial charge in [0.25, 0.3) is 0 Å². The van der Waals surface area contributed by atoms with Gasteiger partial charge < -0.3 is 14.6 Å². The maximum atomic E-state index is 12.6. The van der Waals surface area contributed by atoms with Gasteiger partial charge in [0.15, 0.2) is 0 Å². The summed E-state index contributed by atoms with van der Waals surface area (Å²) in [6, 6.07) is 14.1. The van der Waals surface area contributed by atoms with Crippen molar-refractivity contribution in [2.24, 2.45) is 0 Å². The Bertz CT molecular complexity index is 574. The zero-order chi connectivity index (χ0) is 15.2. The fourth-order valence-electron chi connectivity index (χ4n) is 2.95. The average Bonchev–Trinajstić information content (AvgIpc) is 3.10. The molecule has 0 unspecified atom stereocenters. The molecule has 116 valence electrons. The number of benzene rings is 1. The van der Waals surface area contributed by atoms with Crippen LogP contribution in [0.3, 0.4) is 0 Å². The molecule has 1 fully saturated rings. The van der Waals surface area contributed by atoms with Crippen molar-refractivity contribution >= 4 is 5.91 Å². The van der Waals surface area contributed by atoms with Crippen molar-refractivity contribution in [3.63, 3.8) is 0 Å². The molecule has 1 aliphatic heterocycles. The van der Waals surface area contributed by atoms with Gasteiger partial charge in [-0.2, -0.15) is 0 Å². The number of piperazine rings is 1. The lowest BCUT2D eigenvalue weighted by Crippen LogP contribution is -2.46. The van der Waals surface area contributed by atoms with Crippen LogP contribution in [0.2, 0.25) is 0 Å². The SMILES string of the molecule is O=C(C[C@@H](Cc1ccccc1)c1ccco1)N1CCNCC1. The quantitative estimate of drug-likeness (QED) is 0.922. The topological polar surface area (TPSA) is 45.5 Å². The zero-order valence-corrected chi connectivity index (χ0v) is 12.7. The molecular weight excluding hydrogens is 276 g/mol. The lowest BCUT2D eigenvalue weighted by molar-refractivity contribution is -0.132. The van der Waals surface area contributed by atoms with Gasteiger partial charge in [0.05, 0.1) is 6.26 Å². The Morgan fingerprint density at radius 1 is 1.14 bits per heavy atom. The summed E-state index contributed by atoms with van der Waals surface area (Å²) >= 11 is 0. The number of nitrogens with zero attached hydrogens (tertiary/aromatic N) is 1. The monoisotopic (exact) mass is 298 g/mol. The summed E-state index contributed by atoms with van der Waals surface area (Å²) in [6.07, 6.45) is 3.01. The molecule has 4 nitrogen and oxygen atoms in total. The summed E-state index contributed by atoms with van der Waals surface area (Å²) in [5.41, 5.74) is 1.23. The van der Waals surface area contributed by atoms with Gasteiger partial charge in [-0.15, -0.1) is 0 Å². The van der Waals surface area contributed by atoms with Gasteiger partial charge in [-0.3, -0.25) is 4.79 Å². The second-order valence-electron chi connectivity index (χ2n) is 5.74. The van der Waals surface area contributed by atoms with Gasteiger partial charge in [-0.25, -0.2) is 0 Å². The van der Waals surface area contributed by atoms with Gasteiger partial charge in [-0.05, 0) is 24.1 Å². The van der Waals surface area contributed by atoms with Crippen LogP contribution in [-0.2, 0) is 11.2 Å². The van der Waals surface area contributed by atoms with E-state index in [1.165, 1.54) is 5.56 Å². The van der Waals surface area contributed by atoms with E-state index in [2.05, 4.69) is 17.4 Å². The van der Waals surface area contributed by atoms with E-state index in [0.29, 0.717) is 6.42 Å². The van der Waals surface area contributed by atoms with E-state index in [1.807, 2.05) is 35.2 Å². The van der Waals surface area contributed by atoms with Crippen molar-refractivity contribution in [2.45, 2.75) is 18.8 Å². The molecule has 1 saturated heterocycles. The van der Waals surface area contributed by atoms with Crippen LogP contribution in [0.5, 0.6) is 0 Å². The first-order chi connectivity index (χ1) is 10.8. The van der Waals surface area contributed by atoms with Gasteiger partial charge in [0.1, 0.15) is 5.76 Å². The Labute approximate surface area is 131 Å². The van der Waals surface area contributed by atoms with Crippen molar-refractivity contribution in [3.8, 4) is 0 Å². The Morgan fingerprint density at radius 3 is 2.59 bits per heavy atom. The minimum atomic E-state index is 0.0970. The number of carbonyl (C=O) groups excluding carboxylic acids is 1. The third kappa shape index (κ3) is 3.77. The highest BCUT2D eigenvalue weighted by atomic mass is 16.3. The molecule has 0 radical (unpaired) electrons. The third-order valence-electron chi connectivity index (χ3n) is 4.16. The molecule has 22 heavy (non-hydrogen) atoms. The third-order valence-corrected chi connectivity index (χ3v) is 4.16. The highest BCUT2D eigenvalue weighted by molar-refractivity contribution is 5.77. The van der Waals surface area contributed by atoms with E-state index >= 15 is 0 Å². The van der Waals surface area contributed by atoms with Crippen LogP contribution in [0, 0.1) is 0 Å². The molecule has 1 amide bonds. The van der Waals surface area contributed by atoms with E-state index in [1.54, 1.807) is 6.26 Å². The number of amides is 1. The Kier molecular flexibility index (Phi) is 4.91. The van der Waals surface area contributed by atoms with Crippen molar-refractivity contribution in [3.05, 3.63) is 60.1 Å². The predicted molar refractivity (Wildman–Crippen MR) is 85.7 cm³/mol. The van der Waals surface area contributed by atoms with Gasteiger partial charge in [0, 0.05) is 38.5 Å². The minimum absolute atomic E-state index is 0.0970. The fourth-order valence-corrected chi connectivity index (χ4v) is 2.95. The fraction of sp³-hybridized carbons (Fsp3) is 0.389. The van der Waals surface area contributed by atoms with Gasteiger partial charge in [0.2, 0.25) is 5.91 Å². The molecule has 1 aromatic heterocycles. The Morgan fingerprint density at radius 2 is 1.91 bits per heavy atom. The van der Waals surface area contributed by atoms with E-state index in [-0.39, 0.29) is 11.8 Å². The van der Waals surface area contributed by atoms with Crippen LogP contribution >= 0.6 is 0 Å². The zero-order valence-electron chi connectivity index (χ0n) is 12.7. The van der Waals surface area contributed by atoms with Crippen molar-refractivity contribution in [1.29, 1.82) is 0 Å². The number of hydrogen-bond donors (Lipinski definition) is 1.